The highest BCUT2D eigenvalue weighted by molar-refractivity contribution is 7.74. The minimum absolute atomic E-state index is 0.0248. The standard InChI is InChI=1S/C40H62P4/c1-27-13-9-10-14-28(2)41(27)37-15-11-12-16-38(37)44-33(7)21-22-35(25-34(44)8)36-23-24-39(42-29(3)17-18-30(42)4)40(26-36)43-31(5)19-20-32(43)6/h11-12,15-16,23-24,26-35H,9-10,13-14,17-22,25H2,1-8H3/t27-,28-,29-,30-,31-,32-,33-,34-,35?,44?/m0/s1. The van der Waals surface area contributed by atoms with E-state index in [4.69, 9.17) is 0 Å². The van der Waals surface area contributed by atoms with E-state index in [2.05, 4.69) is 97.9 Å². The van der Waals surface area contributed by atoms with Crippen LogP contribution in [-0.4, -0.2) is 45.3 Å². The maximum Gasteiger partial charge on any atom is -0.0155 e. The van der Waals surface area contributed by atoms with Gasteiger partial charge in [0.05, 0.1) is 0 Å². The summed E-state index contributed by atoms with van der Waals surface area (Å²) in [6, 6.07) is 18.2. The minimum Gasteiger partial charge on any atom is -0.0688 e. The fraction of sp³-hybridized carbons (Fsp3) is 0.700. The van der Waals surface area contributed by atoms with Crippen molar-refractivity contribution < 1.29 is 0 Å². The van der Waals surface area contributed by atoms with Crippen LogP contribution in [0.2, 0.25) is 0 Å². The topological polar surface area (TPSA) is 0 Å². The highest BCUT2D eigenvalue weighted by Gasteiger charge is 2.40. The van der Waals surface area contributed by atoms with E-state index in [1.54, 1.807) is 5.56 Å². The van der Waals surface area contributed by atoms with Crippen molar-refractivity contribution >= 4 is 52.9 Å². The van der Waals surface area contributed by atoms with E-state index < -0.39 is 0 Å². The number of benzene rings is 2. The van der Waals surface area contributed by atoms with Crippen molar-refractivity contribution in [1.29, 1.82) is 0 Å². The molecule has 0 aromatic heterocycles. The van der Waals surface area contributed by atoms with Crippen LogP contribution < -0.4 is 21.2 Å². The molecule has 4 saturated heterocycles. The van der Waals surface area contributed by atoms with Crippen LogP contribution in [0, 0.1) is 0 Å². The lowest BCUT2D eigenvalue weighted by molar-refractivity contribution is 0.569. The molecule has 2 aromatic rings. The SMILES string of the molecule is C[C@H]1CC[C@H](C)P1c1ccc(C2CC[C@H](C)P(c3ccccc3P3[C@@H](C)CCCC[C@@H]3C)[C@@H](C)C2)cc1P1[C@@H](C)CC[C@@H]1C. The van der Waals surface area contributed by atoms with Gasteiger partial charge >= 0.3 is 0 Å². The van der Waals surface area contributed by atoms with Gasteiger partial charge in [0.1, 0.15) is 0 Å². The monoisotopic (exact) mass is 666 g/mol. The summed E-state index contributed by atoms with van der Waals surface area (Å²) in [5, 5.41) is 7.34. The fourth-order valence-corrected chi connectivity index (χ4v) is 24.6. The molecule has 242 valence electrons. The van der Waals surface area contributed by atoms with Gasteiger partial charge in [-0.3, -0.25) is 0 Å². The molecule has 4 aliphatic heterocycles. The molecule has 0 radical (unpaired) electrons. The van der Waals surface area contributed by atoms with Crippen LogP contribution in [0.25, 0.3) is 0 Å². The molecule has 6 rings (SSSR count). The average molecular weight is 667 g/mol. The van der Waals surface area contributed by atoms with Crippen molar-refractivity contribution in [1.82, 2.24) is 0 Å². The van der Waals surface area contributed by atoms with Crippen LogP contribution in [-0.2, 0) is 0 Å². The van der Waals surface area contributed by atoms with E-state index in [1.807, 2.05) is 21.2 Å². The smallest absolute Gasteiger partial charge is 0.0155 e. The van der Waals surface area contributed by atoms with Gasteiger partial charge in [-0.25, -0.2) is 0 Å². The van der Waals surface area contributed by atoms with Gasteiger partial charge in [-0.2, -0.15) is 0 Å². The van der Waals surface area contributed by atoms with Gasteiger partial charge in [0.2, 0.25) is 0 Å². The van der Waals surface area contributed by atoms with Gasteiger partial charge in [-0.05, 0) is 136 Å². The first kappa shape index (κ1) is 34.0. The Morgan fingerprint density at radius 1 is 0.409 bits per heavy atom. The Bertz CT molecular complexity index is 1230. The normalized spacial score (nSPS) is 38.1. The second kappa shape index (κ2) is 14.7. The van der Waals surface area contributed by atoms with Crippen molar-refractivity contribution in [3.05, 3.63) is 48.0 Å². The van der Waals surface area contributed by atoms with E-state index in [0.29, 0.717) is 0 Å². The molecular weight excluding hydrogens is 604 g/mol. The highest BCUT2D eigenvalue weighted by atomic mass is 31.1. The molecule has 0 aliphatic carbocycles. The predicted octanol–water partition coefficient (Wildman–Crippen LogP) is 11.4. The van der Waals surface area contributed by atoms with Crippen molar-refractivity contribution in [2.75, 3.05) is 0 Å². The van der Waals surface area contributed by atoms with Crippen LogP contribution in [0.15, 0.2) is 42.5 Å². The van der Waals surface area contributed by atoms with Crippen LogP contribution >= 0.6 is 31.7 Å². The van der Waals surface area contributed by atoms with Gasteiger partial charge in [0.15, 0.2) is 0 Å². The first-order valence-electron chi connectivity index (χ1n) is 18.5. The Hall–Kier alpha value is 0.160. The Kier molecular flexibility index (Phi) is 11.4. The summed E-state index contributed by atoms with van der Waals surface area (Å²) in [6.07, 6.45) is 15.7. The predicted molar refractivity (Wildman–Crippen MR) is 208 cm³/mol. The Labute approximate surface area is 277 Å². The Morgan fingerprint density at radius 2 is 0.795 bits per heavy atom. The molecule has 10 atom stereocenters. The summed E-state index contributed by atoms with van der Waals surface area (Å²) in [7, 11) is -0.307. The highest BCUT2D eigenvalue weighted by Crippen LogP contribution is 2.60. The third kappa shape index (κ3) is 6.84. The van der Waals surface area contributed by atoms with Crippen molar-refractivity contribution in [3.63, 3.8) is 0 Å². The van der Waals surface area contributed by atoms with E-state index in [-0.39, 0.29) is 31.7 Å². The summed E-state index contributed by atoms with van der Waals surface area (Å²) in [5.41, 5.74) is 8.65. The van der Waals surface area contributed by atoms with Gasteiger partial charge in [0, 0.05) is 0 Å². The van der Waals surface area contributed by atoms with Crippen LogP contribution in [0.1, 0.15) is 138 Å². The van der Waals surface area contributed by atoms with E-state index in [9.17, 15) is 0 Å². The summed E-state index contributed by atoms with van der Waals surface area (Å²) >= 11 is 0. The second-order valence-corrected chi connectivity index (χ2v) is 27.8. The number of hydrogen-bond acceptors (Lipinski definition) is 0. The van der Waals surface area contributed by atoms with Crippen molar-refractivity contribution in [2.45, 2.75) is 177 Å². The first-order chi connectivity index (χ1) is 21.2. The third-order valence-electron chi connectivity index (χ3n) is 12.3. The van der Waals surface area contributed by atoms with Crippen LogP contribution in [0.3, 0.4) is 0 Å². The lowest BCUT2D eigenvalue weighted by Crippen LogP contribution is -2.32. The molecule has 2 aromatic carbocycles. The average Bonchev–Trinajstić information content (AvgIpc) is 3.39. The molecule has 4 heteroatoms. The van der Waals surface area contributed by atoms with Gasteiger partial charge in [-0.15, -0.1) is 0 Å². The largest absolute Gasteiger partial charge is 0.0688 e. The zero-order valence-corrected chi connectivity index (χ0v) is 32.9. The fourth-order valence-electron chi connectivity index (χ4n) is 9.96. The summed E-state index contributed by atoms with van der Waals surface area (Å²) in [6.45, 7) is 20.8. The van der Waals surface area contributed by atoms with Gasteiger partial charge in [0.25, 0.3) is 0 Å². The molecule has 0 amide bonds. The summed E-state index contributed by atoms with van der Waals surface area (Å²) in [4.78, 5) is 0. The molecule has 2 unspecified atom stereocenters. The molecule has 0 nitrogen and oxygen atoms in total. The molecule has 4 fully saturated rings. The molecular formula is C40H62P4. The summed E-state index contributed by atoms with van der Waals surface area (Å²) in [5.74, 6) is 0.732. The van der Waals surface area contributed by atoms with E-state index in [0.717, 1.165) is 51.2 Å². The van der Waals surface area contributed by atoms with Gasteiger partial charge < -0.3 is 0 Å². The maximum absolute atomic E-state index is 2.85. The molecule has 0 bridgehead atoms. The first-order valence-corrected chi connectivity index (χ1v) is 24.4. The Balaban J connectivity index is 1.32. The lowest BCUT2D eigenvalue weighted by atomic mass is 9.90. The lowest BCUT2D eigenvalue weighted by Gasteiger charge is -2.36. The molecule has 4 heterocycles. The maximum atomic E-state index is 2.85. The zero-order chi connectivity index (χ0) is 31.1. The van der Waals surface area contributed by atoms with Crippen molar-refractivity contribution in [3.8, 4) is 0 Å². The van der Waals surface area contributed by atoms with Crippen LogP contribution in [0.5, 0.6) is 0 Å². The number of hydrogen-bond donors (Lipinski definition) is 0. The molecule has 0 N–H and O–H groups in total. The quantitative estimate of drug-likeness (QED) is 0.279. The molecule has 0 saturated carbocycles. The van der Waals surface area contributed by atoms with E-state index >= 15 is 0 Å². The second-order valence-electron chi connectivity index (χ2n) is 15.6. The summed E-state index contributed by atoms with van der Waals surface area (Å²) < 4.78 is 0. The molecule has 4 aliphatic rings. The molecule has 44 heavy (non-hydrogen) atoms. The van der Waals surface area contributed by atoms with Crippen molar-refractivity contribution in [2.24, 2.45) is 0 Å². The van der Waals surface area contributed by atoms with Crippen LogP contribution in [0.4, 0.5) is 0 Å². The Morgan fingerprint density at radius 3 is 1.30 bits per heavy atom. The van der Waals surface area contributed by atoms with E-state index in [1.165, 1.54) is 70.6 Å². The third-order valence-corrected chi connectivity index (χ3v) is 26.1. The minimum atomic E-state index is -0.158. The number of rotatable bonds is 5. The van der Waals surface area contributed by atoms with Gasteiger partial charge in [-0.1, -0.05) is 142 Å². The zero-order valence-electron chi connectivity index (χ0n) is 29.3. The molecule has 0 spiro atoms.